The SMILES string of the molecule is Cc1nccn1[C@@H]1CCCN(C(=O)c2sccc2C2CC2)C1. The van der Waals surface area contributed by atoms with E-state index in [2.05, 4.69) is 21.0 Å². The summed E-state index contributed by atoms with van der Waals surface area (Å²) in [6.07, 6.45) is 8.57. The molecule has 2 aromatic rings. The number of imidazole rings is 1. The smallest absolute Gasteiger partial charge is 0.264 e. The van der Waals surface area contributed by atoms with E-state index in [1.807, 2.05) is 24.2 Å². The summed E-state index contributed by atoms with van der Waals surface area (Å²) in [5, 5.41) is 2.07. The minimum Gasteiger partial charge on any atom is -0.336 e. The molecular weight excluding hydrogens is 294 g/mol. The number of hydrogen-bond acceptors (Lipinski definition) is 3. The van der Waals surface area contributed by atoms with Crippen LogP contribution in [-0.2, 0) is 0 Å². The monoisotopic (exact) mass is 315 g/mol. The summed E-state index contributed by atoms with van der Waals surface area (Å²) in [6, 6.07) is 2.52. The zero-order valence-corrected chi connectivity index (χ0v) is 13.7. The van der Waals surface area contributed by atoms with Gasteiger partial charge in [0.2, 0.25) is 0 Å². The average Bonchev–Trinajstić information content (AvgIpc) is 3.10. The van der Waals surface area contributed by atoms with Gasteiger partial charge in [0.05, 0.1) is 10.9 Å². The number of rotatable bonds is 3. The minimum atomic E-state index is 0.236. The molecule has 2 aliphatic rings. The molecule has 2 aromatic heterocycles. The van der Waals surface area contributed by atoms with Gasteiger partial charge in [-0.2, -0.15) is 0 Å². The van der Waals surface area contributed by atoms with Crippen molar-refractivity contribution in [1.29, 1.82) is 0 Å². The van der Waals surface area contributed by atoms with Gasteiger partial charge in [0, 0.05) is 25.5 Å². The van der Waals surface area contributed by atoms with Crippen molar-refractivity contribution in [3.8, 4) is 0 Å². The topological polar surface area (TPSA) is 38.1 Å². The van der Waals surface area contributed by atoms with Crippen molar-refractivity contribution >= 4 is 17.2 Å². The fraction of sp³-hybridized carbons (Fsp3) is 0.529. The van der Waals surface area contributed by atoms with Crippen molar-refractivity contribution in [3.63, 3.8) is 0 Å². The summed E-state index contributed by atoms with van der Waals surface area (Å²) in [5.41, 5.74) is 1.29. The number of carbonyl (C=O) groups excluding carboxylic acids is 1. The van der Waals surface area contributed by atoms with Crippen molar-refractivity contribution in [2.24, 2.45) is 0 Å². The first-order valence-electron chi connectivity index (χ1n) is 8.10. The Bertz CT molecular complexity index is 686. The van der Waals surface area contributed by atoms with Crippen LogP contribution < -0.4 is 0 Å². The second-order valence-electron chi connectivity index (χ2n) is 6.41. The van der Waals surface area contributed by atoms with E-state index in [0.29, 0.717) is 12.0 Å². The van der Waals surface area contributed by atoms with Gasteiger partial charge in [-0.3, -0.25) is 4.79 Å². The molecule has 22 heavy (non-hydrogen) atoms. The Morgan fingerprint density at radius 2 is 2.23 bits per heavy atom. The maximum absolute atomic E-state index is 12.9. The molecule has 116 valence electrons. The van der Waals surface area contributed by atoms with E-state index in [1.54, 1.807) is 11.3 Å². The highest BCUT2D eigenvalue weighted by Crippen LogP contribution is 2.43. The molecule has 0 N–H and O–H groups in total. The van der Waals surface area contributed by atoms with Gasteiger partial charge in [-0.1, -0.05) is 0 Å². The van der Waals surface area contributed by atoms with Crippen LogP contribution in [0.15, 0.2) is 23.8 Å². The van der Waals surface area contributed by atoms with Gasteiger partial charge in [-0.15, -0.1) is 11.3 Å². The number of carbonyl (C=O) groups is 1. The molecule has 1 aliphatic heterocycles. The number of aromatic nitrogens is 2. The summed E-state index contributed by atoms with van der Waals surface area (Å²) in [7, 11) is 0. The second-order valence-corrected chi connectivity index (χ2v) is 7.32. The molecule has 0 spiro atoms. The van der Waals surface area contributed by atoms with E-state index < -0.39 is 0 Å². The third-order valence-electron chi connectivity index (χ3n) is 4.85. The van der Waals surface area contributed by atoms with E-state index in [1.165, 1.54) is 18.4 Å². The molecule has 0 bridgehead atoms. The summed E-state index contributed by atoms with van der Waals surface area (Å²) in [5.74, 6) is 1.91. The molecule has 1 saturated carbocycles. The Kier molecular flexibility index (Phi) is 3.53. The summed E-state index contributed by atoms with van der Waals surface area (Å²) in [6.45, 7) is 3.72. The lowest BCUT2D eigenvalue weighted by atomic mass is 10.0. The third kappa shape index (κ3) is 2.47. The van der Waals surface area contributed by atoms with Crippen molar-refractivity contribution in [1.82, 2.24) is 14.5 Å². The highest BCUT2D eigenvalue weighted by molar-refractivity contribution is 7.12. The molecule has 1 amide bonds. The number of thiophene rings is 1. The van der Waals surface area contributed by atoms with E-state index in [-0.39, 0.29) is 5.91 Å². The maximum Gasteiger partial charge on any atom is 0.264 e. The van der Waals surface area contributed by atoms with Gasteiger partial charge in [0.15, 0.2) is 0 Å². The van der Waals surface area contributed by atoms with Crippen molar-refractivity contribution < 1.29 is 4.79 Å². The Balaban J connectivity index is 1.53. The fourth-order valence-electron chi connectivity index (χ4n) is 3.49. The van der Waals surface area contributed by atoms with Gasteiger partial charge >= 0.3 is 0 Å². The standard InChI is InChI=1S/C17H21N3OS/c1-12-18-7-9-20(12)14-3-2-8-19(11-14)17(21)16-15(6-10-22-16)13-4-5-13/h6-7,9-10,13-14H,2-5,8,11H2,1H3/t14-/m1/s1. The van der Waals surface area contributed by atoms with Crippen LogP contribution in [0.3, 0.4) is 0 Å². The highest BCUT2D eigenvalue weighted by atomic mass is 32.1. The molecule has 2 fully saturated rings. The quantitative estimate of drug-likeness (QED) is 0.868. The molecule has 4 rings (SSSR count). The second kappa shape index (κ2) is 5.54. The molecule has 1 aliphatic carbocycles. The highest BCUT2D eigenvalue weighted by Gasteiger charge is 2.32. The van der Waals surface area contributed by atoms with Gasteiger partial charge in [-0.05, 0) is 55.5 Å². The first kappa shape index (κ1) is 14.0. The van der Waals surface area contributed by atoms with Crippen LogP contribution in [-0.4, -0.2) is 33.4 Å². The average molecular weight is 315 g/mol. The molecule has 5 heteroatoms. The first-order valence-corrected chi connectivity index (χ1v) is 8.98. The number of likely N-dealkylation sites (tertiary alicyclic amines) is 1. The molecule has 1 atom stereocenters. The molecule has 0 radical (unpaired) electrons. The predicted molar refractivity (Wildman–Crippen MR) is 87.4 cm³/mol. The van der Waals surface area contributed by atoms with Crippen molar-refractivity contribution in [2.75, 3.05) is 13.1 Å². The Morgan fingerprint density at radius 1 is 1.36 bits per heavy atom. The number of nitrogens with zero attached hydrogens (tertiary/aromatic N) is 3. The molecule has 3 heterocycles. The molecule has 4 nitrogen and oxygen atoms in total. The van der Waals surface area contributed by atoms with Crippen LogP contribution in [0.2, 0.25) is 0 Å². The van der Waals surface area contributed by atoms with Crippen LogP contribution in [0.4, 0.5) is 0 Å². The van der Waals surface area contributed by atoms with Crippen LogP contribution >= 0.6 is 11.3 Å². The number of hydrogen-bond donors (Lipinski definition) is 0. The lowest BCUT2D eigenvalue weighted by Crippen LogP contribution is -2.40. The van der Waals surface area contributed by atoms with Crippen LogP contribution in [0.1, 0.15) is 58.7 Å². The fourth-order valence-corrected chi connectivity index (χ4v) is 4.44. The first-order chi connectivity index (χ1) is 10.7. The van der Waals surface area contributed by atoms with Crippen LogP contribution in [0, 0.1) is 6.92 Å². The summed E-state index contributed by atoms with van der Waals surface area (Å²) < 4.78 is 2.22. The lowest BCUT2D eigenvalue weighted by Gasteiger charge is -2.34. The van der Waals surface area contributed by atoms with Crippen LogP contribution in [0.25, 0.3) is 0 Å². The largest absolute Gasteiger partial charge is 0.336 e. The Labute approximate surface area is 134 Å². The van der Waals surface area contributed by atoms with E-state index in [0.717, 1.165) is 36.6 Å². The van der Waals surface area contributed by atoms with Gasteiger partial charge in [0.1, 0.15) is 5.82 Å². The minimum absolute atomic E-state index is 0.236. The predicted octanol–water partition coefficient (Wildman–Crippen LogP) is 3.61. The lowest BCUT2D eigenvalue weighted by molar-refractivity contribution is 0.0682. The van der Waals surface area contributed by atoms with Crippen molar-refractivity contribution in [2.45, 2.75) is 44.6 Å². The zero-order valence-electron chi connectivity index (χ0n) is 12.9. The van der Waals surface area contributed by atoms with Crippen molar-refractivity contribution in [3.05, 3.63) is 40.1 Å². The van der Waals surface area contributed by atoms with Gasteiger partial charge in [0.25, 0.3) is 5.91 Å². The molecule has 0 aromatic carbocycles. The maximum atomic E-state index is 12.9. The Hall–Kier alpha value is -1.62. The van der Waals surface area contributed by atoms with Crippen LogP contribution in [0.5, 0.6) is 0 Å². The molecule has 0 unspecified atom stereocenters. The van der Waals surface area contributed by atoms with E-state index in [4.69, 9.17) is 0 Å². The number of aryl methyl sites for hydroxylation is 1. The normalized spacial score (nSPS) is 22.0. The summed E-state index contributed by atoms with van der Waals surface area (Å²) in [4.78, 5) is 20.3. The Morgan fingerprint density at radius 3 is 2.95 bits per heavy atom. The number of piperidine rings is 1. The van der Waals surface area contributed by atoms with E-state index >= 15 is 0 Å². The third-order valence-corrected chi connectivity index (χ3v) is 5.76. The zero-order chi connectivity index (χ0) is 15.1. The number of amides is 1. The van der Waals surface area contributed by atoms with E-state index in [9.17, 15) is 4.79 Å². The van der Waals surface area contributed by atoms with Gasteiger partial charge in [-0.25, -0.2) is 4.98 Å². The van der Waals surface area contributed by atoms with Gasteiger partial charge < -0.3 is 9.47 Å². The summed E-state index contributed by atoms with van der Waals surface area (Å²) >= 11 is 1.61. The molecule has 1 saturated heterocycles. The molecular formula is C17H21N3OS.